The van der Waals surface area contributed by atoms with Crippen LogP contribution in [0.15, 0.2) is 0 Å². The maximum absolute atomic E-state index is 6.04. The summed E-state index contributed by atoms with van der Waals surface area (Å²) in [7, 11) is 0. The van der Waals surface area contributed by atoms with E-state index in [0.717, 1.165) is 45.7 Å². The Hall–Kier alpha value is -0.160. The molecule has 3 fully saturated rings. The molecule has 0 bridgehead atoms. The lowest BCUT2D eigenvalue weighted by Gasteiger charge is -2.46. The number of likely N-dealkylation sites (tertiary alicyclic amines) is 1. The highest BCUT2D eigenvalue weighted by molar-refractivity contribution is 4.98. The number of rotatable bonds is 2. The van der Waals surface area contributed by atoms with Gasteiger partial charge in [-0.2, -0.15) is 0 Å². The molecule has 2 aliphatic heterocycles. The van der Waals surface area contributed by atoms with Crippen molar-refractivity contribution < 1.29 is 9.47 Å². The lowest BCUT2D eigenvalue weighted by molar-refractivity contribution is -0.192. The molecule has 2 saturated heterocycles. The van der Waals surface area contributed by atoms with Gasteiger partial charge in [0.25, 0.3) is 0 Å². The number of hydrogen-bond acceptors (Lipinski definition) is 4. The Morgan fingerprint density at radius 3 is 2.06 bits per heavy atom. The molecule has 0 amide bonds. The lowest BCUT2D eigenvalue weighted by atomic mass is 9.91. The molecule has 3 rings (SSSR count). The van der Waals surface area contributed by atoms with Crippen molar-refractivity contribution in [2.45, 2.75) is 49.9 Å². The molecule has 98 valence electrons. The molecule has 0 aromatic carbocycles. The van der Waals surface area contributed by atoms with E-state index in [9.17, 15) is 0 Å². The van der Waals surface area contributed by atoms with Crippen molar-refractivity contribution in [3.8, 4) is 0 Å². The van der Waals surface area contributed by atoms with Crippen molar-refractivity contribution in [2.24, 2.45) is 5.73 Å². The first-order valence-corrected chi connectivity index (χ1v) is 7.02. The van der Waals surface area contributed by atoms with Crippen molar-refractivity contribution in [1.29, 1.82) is 0 Å². The van der Waals surface area contributed by atoms with Crippen LogP contribution in [0.25, 0.3) is 0 Å². The van der Waals surface area contributed by atoms with E-state index in [0.29, 0.717) is 5.54 Å². The van der Waals surface area contributed by atoms with E-state index in [1.165, 1.54) is 25.7 Å². The summed E-state index contributed by atoms with van der Waals surface area (Å²) in [6, 6.07) is 0. The Morgan fingerprint density at radius 1 is 0.941 bits per heavy atom. The average molecular weight is 240 g/mol. The van der Waals surface area contributed by atoms with Crippen molar-refractivity contribution in [1.82, 2.24) is 4.90 Å². The number of ether oxygens (including phenoxy) is 2. The van der Waals surface area contributed by atoms with E-state index in [-0.39, 0.29) is 5.79 Å². The Bertz CT molecular complexity index is 261. The average Bonchev–Trinajstić information content (AvgIpc) is 3.01. The first-order chi connectivity index (χ1) is 8.29. The number of nitrogens with two attached hydrogens (primary N) is 1. The zero-order chi connectivity index (χ0) is 11.8. The Balaban J connectivity index is 1.64. The van der Waals surface area contributed by atoms with Crippen molar-refractivity contribution >= 4 is 0 Å². The van der Waals surface area contributed by atoms with Crippen molar-refractivity contribution in [3.05, 3.63) is 0 Å². The minimum absolute atomic E-state index is 0.245. The molecule has 3 aliphatic rings. The predicted octanol–water partition coefficient (Wildman–Crippen LogP) is 1.10. The van der Waals surface area contributed by atoms with Crippen LogP contribution in [0.1, 0.15) is 38.5 Å². The molecule has 2 heterocycles. The second-order valence-corrected chi connectivity index (χ2v) is 5.73. The fraction of sp³-hybridized carbons (Fsp3) is 1.00. The van der Waals surface area contributed by atoms with E-state index in [1.807, 2.05) is 0 Å². The molecule has 0 atom stereocenters. The molecule has 0 aromatic heterocycles. The van der Waals surface area contributed by atoms with E-state index < -0.39 is 0 Å². The molecule has 0 unspecified atom stereocenters. The Labute approximate surface area is 103 Å². The van der Waals surface area contributed by atoms with Crippen molar-refractivity contribution in [3.63, 3.8) is 0 Å². The summed E-state index contributed by atoms with van der Waals surface area (Å²) in [4.78, 5) is 2.61. The summed E-state index contributed by atoms with van der Waals surface area (Å²) in [6.45, 7) is 4.50. The summed E-state index contributed by atoms with van der Waals surface area (Å²) >= 11 is 0. The Morgan fingerprint density at radius 2 is 1.53 bits per heavy atom. The maximum Gasteiger partial charge on any atom is 0.170 e. The second kappa shape index (κ2) is 4.50. The normalized spacial score (nSPS) is 32.3. The van der Waals surface area contributed by atoms with Gasteiger partial charge >= 0.3 is 0 Å². The highest BCUT2D eigenvalue weighted by atomic mass is 16.7. The van der Waals surface area contributed by atoms with E-state index in [2.05, 4.69) is 4.90 Å². The number of nitrogens with zero attached hydrogens (tertiary/aromatic N) is 1. The van der Waals surface area contributed by atoms with Gasteiger partial charge in [-0.25, -0.2) is 0 Å². The molecule has 1 aliphatic carbocycles. The monoisotopic (exact) mass is 240 g/mol. The summed E-state index contributed by atoms with van der Waals surface area (Å²) in [6.07, 6.45) is 7.25. The minimum atomic E-state index is -0.245. The molecular weight excluding hydrogens is 216 g/mol. The van der Waals surface area contributed by atoms with Gasteiger partial charge in [0.1, 0.15) is 0 Å². The zero-order valence-corrected chi connectivity index (χ0v) is 10.6. The minimum Gasteiger partial charge on any atom is -0.347 e. The highest BCUT2D eigenvalue weighted by Crippen LogP contribution is 2.39. The fourth-order valence-corrected chi connectivity index (χ4v) is 3.79. The van der Waals surface area contributed by atoms with Crippen LogP contribution >= 0.6 is 0 Å². The maximum atomic E-state index is 6.04. The third-order valence-corrected chi connectivity index (χ3v) is 4.92. The molecular formula is C13H24N2O2. The molecule has 0 radical (unpaired) electrons. The van der Waals surface area contributed by atoms with Gasteiger partial charge < -0.3 is 15.2 Å². The summed E-state index contributed by atoms with van der Waals surface area (Å²) in [5.74, 6) is -0.245. The van der Waals surface area contributed by atoms with Gasteiger partial charge in [-0.1, -0.05) is 12.8 Å². The van der Waals surface area contributed by atoms with Gasteiger partial charge in [0, 0.05) is 38.0 Å². The van der Waals surface area contributed by atoms with Crippen LogP contribution in [0.5, 0.6) is 0 Å². The van der Waals surface area contributed by atoms with Crippen LogP contribution in [-0.2, 0) is 9.47 Å². The predicted molar refractivity (Wildman–Crippen MR) is 65.7 cm³/mol. The zero-order valence-electron chi connectivity index (χ0n) is 10.6. The molecule has 1 spiro atoms. The lowest BCUT2D eigenvalue weighted by Crippen LogP contribution is -2.57. The summed E-state index contributed by atoms with van der Waals surface area (Å²) < 4.78 is 11.6. The smallest absolute Gasteiger partial charge is 0.170 e. The quantitative estimate of drug-likeness (QED) is 0.785. The fourth-order valence-electron chi connectivity index (χ4n) is 3.79. The van der Waals surface area contributed by atoms with Gasteiger partial charge in [0.15, 0.2) is 5.79 Å². The molecule has 4 heteroatoms. The molecule has 17 heavy (non-hydrogen) atoms. The largest absolute Gasteiger partial charge is 0.347 e. The standard InChI is InChI=1S/C13H24N2O2/c14-11-12(3-1-2-4-12)15-7-5-13(6-8-15)16-9-10-17-13/h1-11,14H2. The third kappa shape index (κ3) is 2.01. The number of hydrogen-bond donors (Lipinski definition) is 1. The van der Waals surface area contributed by atoms with Crippen LogP contribution < -0.4 is 5.73 Å². The third-order valence-electron chi connectivity index (χ3n) is 4.92. The van der Waals surface area contributed by atoms with E-state index in [4.69, 9.17) is 15.2 Å². The van der Waals surface area contributed by atoms with Crippen LogP contribution in [0, 0.1) is 0 Å². The Kier molecular flexibility index (Phi) is 3.15. The van der Waals surface area contributed by atoms with Gasteiger partial charge in [-0.3, -0.25) is 4.90 Å². The molecule has 2 N–H and O–H groups in total. The van der Waals surface area contributed by atoms with E-state index >= 15 is 0 Å². The van der Waals surface area contributed by atoms with Gasteiger partial charge in [0.2, 0.25) is 0 Å². The van der Waals surface area contributed by atoms with Crippen molar-refractivity contribution in [2.75, 3.05) is 32.8 Å². The van der Waals surface area contributed by atoms with Crippen LogP contribution in [0.4, 0.5) is 0 Å². The molecule has 4 nitrogen and oxygen atoms in total. The SMILES string of the molecule is NCC1(N2CCC3(CC2)OCCO3)CCCC1. The van der Waals surface area contributed by atoms with Crippen LogP contribution in [-0.4, -0.2) is 49.1 Å². The summed E-state index contributed by atoms with van der Waals surface area (Å²) in [5, 5.41) is 0. The molecule has 0 aromatic rings. The van der Waals surface area contributed by atoms with Gasteiger partial charge in [0.05, 0.1) is 13.2 Å². The first kappa shape index (κ1) is 11.9. The van der Waals surface area contributed by atoms with Crippen LogP contribution in [0.3, 0.4) is 0 Å². The highest BCUT2D eigenvalue weighted by Gasteiger charge is 2.45. The molecule has 1 saturated carbocycles. The van der Waals surface area contributed by atoms with Crippen LogP contribution in [0.2, 0.25) is 0 Å². The topological polar surface area (TPSA) is 47.7 Å². The van der Waals surface area contributed by atoms with E-state index in [1.54, 1.807) is 0 Å². The first-order valence-electron chi connectivity index (χ1n) is 7.02. The second-order valence-electron chi connectivity index (χ2n) is 5.73. The van der Waals surface area contributed by atoms with Gasteiger partial charge in [-0.05, 0) is 12.8 Å². The summed E-state index contributed by atoms with van der Waals surface area (Å²) in [5.41, 5.74) is 6.33. The number of piperidine rings is 1. The van der Waals surface area contributed by atoms with Gasteiger partial charge in [-0.15, -0.1) is 0 Å².